The van der Waals surface area contributed by atoms with Crippen LogP contribution in [0.15, 0.2) is 24.3 Å². The molecule has 2 aromatic rings. The molecule has 72 valence electrons. The molecule has 0 bridgehead atoms. The molecule has 0 spiro atoms. The van der Waals surface area contributed by atoms with E-state index in [1.165, 1.54) is 0 Å². The smallest absolute Gasteiger partial charge is 0.0686 e. The summed E-state index contributed by atoms with van der Waals surface area (Å²) in [6, 6.07) is 7.04. The largest absolute Gasteiger partial charge is 0.0836 e. The summed E-state index contributed by atoms with van der Waals surface area (Å²) in [5, 5.41) is 3.48. The third-order valence-electron chi connectivity index (χ3n) is 1.95. The maximum Gasteiger partial charge on any atom is 0.0686 e. The third kappa shape index (κ3) is 1.57. The van der Waals surface area contributed by atoms with Crippen LogP contribution in [-0.2, 0) is 0 Å². The van der Waals surface area contributed by atoms with Gasteiger partial charge in [0.2, 0.25) is 0 Å². The van der Waals surface area contributed by atoms with Gasteiger partial charge in [-0.2, -0.15) is 0 Å². The fourth-order valence-electron chi connectivity index (χ4n) is 1.32. The van der Waals surface area contributed by atoms with Gasteiger partial charge < -0.3 is 0 Å². The van der Waals surface area contributed by atoms with Crippen molar-refractivity contribution in [3.05, 3.63) is 44.4 Å². The Morgan fingerprint density at radius 3 is 2.21 bits per heavy atom. The van der Waals surface area contributed by atoms with Crippen LogP contribution < -0.4 is 0 Å². The molecule has 0 aliphatic heterocycles. The second kappa shape index (κ2) is 3.79. The van der Waals surface area contributed by atoms with Gasteiger partial charge in [0.15, 0.2) is 0 Å². The molecule has 14 heavy (non-hydrogen) atoms. The van der Waals surface area contributed by atoms with Gasteiger partial charge in [-0.1, -0.05) is 58.5 Å². The first-order valence-corrected chi connectivity index (χ1v) is 5.34. The molecule has 2 aromatic carbocycles. The lowest BCUT2D eigenvalue weighted by molar-refractivity contribution is 1.74. The fraction of sp³-hybridized carbons (Fsp3) is 0. The molecule has 0 aliphatic carbocycles. The van der Waals surface area contributed by atoms with E-state index in [9.17, 15) is 0 Å². The fourth-order valence-corrected chi connectivity index (χ4v) is 2.42. The van der Waals surface area contributed by atoms with Crippen LogP contribution in [0.5, 0.6) is 0 Å². The van der Waals surface area contributed by atoms with Gasteiger partial charge in [0.1, 0.15) is 0 Å². The van der Waals surface area contributed by atoms with Crippen molar-refractivity contribution in [2.45, 2.75) is 0 Å². The quantitative estimate of drug-likeness (QED) is 0.556. The molecule has 0 aromatic heterocycles. The third-order valence-corrected chi connectivity index (χ3v) is 3.37. The summed E-state index contributed by atoms with van der Waals surface area (Å²) in [7, 11) is 0. The predicted octanol–water partition coefficient (Wildman–Crippen LogP) is 5.45. The minimum atomic E-state index is 0.414. The second-order valence-electron chi connectivity index (χ2n) is 2.82. The molecule has 0 saturated heterocycles. The van der Waals surface area contributed by atoms with E-state index in [-0.39, 0.29) is 0 Å². The Bertz CT molecular complexity index is 505. The molecule has 2 rings (SSSR count). The lowest BCUT2D eigenvalue weighted by Crippen LogP contribution is -1.79. The highest BCUT2D eigenvalue weighted by molar-refractivity contribution is 6.50. The molecule has 0 atom stereocenters. The average molecular weight is 266 g/mol. The maximum atomic E-state index is 6.03. The number of fused-ring (bicyclic) bond motifs is 1. The first kappa shape index (κ1) is 10.4. The minimum absolute atomic E-state index is 0.414. The standard InChI is InChI=1S/C10H4Cl4/c11-6-3-1-2-5-7(12)4-8(13)10(14)9(5)6/h1-4H. The molecule has 0 aliphatic rings. The van der Waals surface area contributed by atoms with Crippen molar-refractivity contribution in [3.63, 3.8) is 0 Å². The summed E-state index contributed by atoms with van der Waals surface area (Å²) in [5.74, 6) is 0. The number of benzene rings is 2. The van der Waals surface area contributed by atoms with Gasteiger partial charge in [0.25, 0.3) is 0 Å². The van der Waals surface area contributed by atoms with Crippen LogP contribution in [0.25, 0.3) is 10.8 Å². The maximum absolute atomic E-state index is 6.03. The molecule has 0 unspecified atom stereocenters. The summed E-state index contributed by atoms with van der Waals surface area (Å²) in [4.78, 5) is 0. The van der Waals surface area contributed by atoms with Crippen LogP contribution in [0.4, 0.5) is 0 Å². The van der Waals surface area contributed by atoms with Crippen molar-refractivity contribution in [1.29, 1.82) is 0 Å². The molecule has 0 saturated carbocycles. The van der Waals surface area contributed by atoms with E-state index >= 15 is 0 Å². The zero-order valence-corrected chi connectivity index (χ0v) is 9.84. The van der Waals surface area contributed by atoms with E-state index in [2.05, 4.69) is 0 Å². The van der Waals surface area contributed by atoms with Crippen LogP contribution in [0.2, 0.25) is 20.1 Å². The Morgan fingerprint density at radius 2 is 1.50 bits per heavy atom. The van der Waals surface area contributed by atoms with Gasteiger partial charge in [-0.25, -0.2) is 0 Å². The van der Waals surface area contributed by atoms with E-state index in [0.717, 1.165) is 5.39 Å². The Labute approximate surface area is 101 Å². The lowest BCUT2D eigenvalue weighted by atomic mass is 10.1. The highest BCUT2D eigenvalue weighted by Crippen LogP contribution is 2.39. The van der Waals surface area contributed by atoms with Gasteiger partial charge in [0, 0.05) is 15.8 Å². The van der Waals surface area contributed by atoms with E-state index in [1.54, 1.807) is 12.1 Å². The van der Waals surface area contributed by atoms with Crippen molar-refractivity contribution in [2.75, 3.05) is 0 Å². The molecule has 0 radical (unpaired) electrons. The molecule has 0 heterocycles. The van der Waals surface area contributed by atoms with Crippen LogP contribution in [0.3, 0.4) is 0 Å². The number of halogens is 4. The van der Waals surface area contributed by atoms with Gasteiger partial charge in [0.05, 0.1) is 15.1 Å². The van der Waals surface area contributed by atoms with E-state index in [4.69, 9.17) is 46.4 Å². The highest BCUT2D eigenvalue weighted by Gasteiger charge is 2.10. The summed E-state index contributed by atoms with van der Waals surface area (Å²) in [6.45, 7) is 0. The summed E-state index contributed by atoms with van der Waals surface area (Å²) in [5.41, 5.74) is 0. The van der Waals surface area contributed by atoms with Crippen LogP contribution in [-0.4, -0.2) is 0 Å². The zero-order valence-electron chi connectivity index (χ0n) is 6.82. The zero-order chi connectivity index (χ0) is 10.3. The topological polar surface area (TPSA) is 0 Å². The van der Waals surface area contributed by atoms with Gasteiger partial charge in [-0.15, -0.1) is 0 Å². The molecule has 0 amide bonds. The van der Waals surface area contributed by atoms with Crippen molar-refractivity contribution in [2.24, 2.45) is 0 Å². The molecule has 4 heteroatoms. The Balaban J connectivity index is 3.03. The molecular formula is C10H4Cl4. The number of hydrogen-bond donors (Lipinski definition) is 0. The Hall–Kier alpha value is -0.140. The summed E-state index contributed by atoms with van der Waals surface area (Å²) < 4.78 is 0. The van der Waals surface area contributed by atoms with Crippen molar-refractivity contribution in [3.8, 4) is 0 Å². The predicted molar refractivity (Wildman–Crippen MR) is 64.0 cm³/mol. The molecule has 0 N–H and O–H groups in total. The minimum Gasteiger partial charge on any atom is -0.0836 e. The van der Waals surface area contributed by atoms with Gasteiger partial charge >= 0.3 is 0 Å². The monoisotopic (exact) mass is 264 g/mol. The van der Waals surface area contributed by atoms with E-state index in [0.29, 0.717) is 25.5 Å². The van der Waals surface area contributed by atoms with Gasteiger partial charge in [-0.05, 0) is 12.1 Å². The van der Waals surface area contributed by atoms with Crippen LogP contribution >= 0.6 is 46.4 Å². The number of rotatable bonds is 0. The number of hydrogen-bond acceptors (Lipinski definition) is 0. The second-order valence-corrected chi connectivity index (χ2v) is 4.42. The Kier molecular flexibility index (Phi) is 2.81. The molecule has 0 fully saturated rings. The summed E-state index contributed by atoms with van der Waals surface area (Å²) in [6.07, 6.45) is 0. The Morgan fingerprint density at radius 1 is 0.786 bits per heavy atom. The average Bonchev–Trinajstić information content (AvgIpc) is 2.14. The lowest BCUT2D eigenvalue weighted by Gasteiger charge is -2.06. The molecular weight excluding hydrogens is 262 g/mol. The van der Waals surface area contributed by atoms with Crippen molar-refractivity contribution < 1.29 is 0 Å². The van der Waals surface area contributed by atoms with Crippen LogP contribution in [0, 0.1) is 0 Å². The van der Waals surface area contributed by atoms with E-state index in [1.807, 2.05) is 12.1 Å². The first-order chi connectivity index (χ1) is 6.61. The van der Waals surface area contributed by atoms with Crippen molar-refractivity contribution >= 4 is 57.2 Å². The van der Waals surface area contributed by atoms with Crippen LogP contribution in [0.1, 0.15) is 0 Å². The van der Waals surface area contributed by atoms with Gasteiger partial charge in [-0.3, -0.25) is 0 Å². The highest BCUT2D eigenvalue weighted by atomic mass is 35.5. The van der Waals surface area contributed by atoms with E-state index < -0.39 is 0 Å². The SMILES string of the molecule is Clc1cc(Cl)c2cccc(Cl)c2c1Cl. The molecule has 0 nitrogen and oxygen atoms in total. The summed E-state index contributed by atoms with van der Waals surface area (Å²) >= 11 is 23.9. The van der Waals surface area contributed by atoms with Crippen molar-refractivity contribution in [1.82, 2.24) is 0 Å². The normalized spacial score (nSPS) is 10.9. The first-order valence-electron chi connectivity index (χ1n) is 3.83.